The maximum absolute atomic E-state index is 12.6. The highest BCUT2D eigenvalue weighted by Crippen LogP contribution is 2.30. The first-order valence-electron chi connectivity index (χ1n) is 9.27. The summed E-state index contributed by atoms with van der Waals surface area (Å²) in [5, 5.41) is 17.3. The molecule has 7 heteroatoms. The van der Waals surface area contributed by atoms with Crippen molar-refractivity contribution in [3.05, 3.63) is 86.2 Å². The molecule has 1 heterocycles. The van der Waals surface area contributed by atoms with Crippen molar-refractivity contribution >= 4 is 40.9 Å². The molecule has 0 spiro atoms. The molecule has 3 aromatic rings. The molecular weight excluding hydrogens is 419 g/mol. The lowest BCUT2D eigenvalue weighted by Crippen LogP contribution is -2.14. The van der Waals surface area contributed by atoms with E-state index >= 15 is 0 Å². The zero-order chi connectivity index (χ0) is 21.8. The van der Waals surface area contributed by atoms with Crippen LogP contribution in [0.15, 0.2) is 48.0 Å². The molecule has 1 aromatic heterocycles. The van der Waals surface area contributed by atoms with Gasteiger partial charge in [0.25, 0.3) is 5.91 Å². The van der Waals surface area contributed by atoms with Gasteiger partial charge in [0.1, 0.15) is 11.6 Å². The predicted octanol–water partition coefficient (Wildman–Crippen LogP) is 5.71. The predicted molar refractivity (Wildman–Crippen MR) is 121 cm³/mol. The average Bonchev–Trinajstić information content (AvgIpc) is 2.98. The summed E-state index contributed by atoms with van der Waals surface area (Å²) in [6.07, 6.45) is 1.55. The van der Waals surface area contributed by atoms with Gasteiger partial charge in [0.15, 0.2) is 0 Å². The summed E-state index contributed by atoms with van der Waals surface area (Å²) in [5.41, 5.74) is 4.96. The number of amides is 1. The Kier molecular flexibility index (Phi) is 6.61. The summed E-state index contributed by atoms with van der Waals surface area (Å²) in [5.74, 6) is -0.563. The van der Waals surface area contributed by atoms with Crippen molar-refractivity contribution in [3.8, 4) is 6.07 Å². The number of carbonyl (C=O) groups excluding carboxylic acids is 1. The number of carbonyl (C=O) groups is 1. The van der Waals surface area contributed by atoms with Gasteiger partial charge in [-0.1, -0.05) is 59.1 Å². The summed E-state index contributed by atoms with van der Waals surface area (Å²) < 4.78 is 1.87. The van der Waals surface area contributed by atoms with Crippen molar-refractivity contribution in [1.29, 1.82) is 5.26 Å². The number of anilines is 1. The normalized spacial score (nSPS) is 11.3. The van der Waals surface area contributed by atoms with Gasteiger partial charge in [0.2, 0.25) is 0 Å². The fraction of sp³-hybridized carbons (Fsp3) is 0.174. The van der Waals surface area contributed by atoms with E-state index in [1.807, 2.05) is 31.5 Å². The second-order valence-corrected chi connectivity index (χ2v) is 7.74. The summed E-state index contributed by atoms with van der Waals surface area (Å²) in [6.45, 7) is 6.42. The van der Waals surface area contributed by atoms with E-state index in [2.05, 4.69) is 34.7 Å². The number of hydrogen-bond acceptors (Lipinski definition) is 3. The first-order chi connectivity index (χ1) is 14.3. The summed E-state index contributed by atoms with van der Waals surface area (Å²) in [4.78, 5) is 12.6. The van der Waals surface area contributed by atoms with Crippen LogP contribution >= 0.6 is 23.2 Å². The Balaban J connectivity index is 1.87. The third-order valence-electron chi connectivity index (χ3n) is 4.74. The maximum Gasteiger partial charge on any atom is 0.266 e. The summed E-state index contributed by atoms with van der Waals surface area (Å²) in [6, 6.07) is 15.1. The molecule has 1 amide bonds. The van der Waals surface area contributed by atoms with Crippen LogP contribution < -0.4 is 5.32 Å². The van der Waals surface area contributed by atoms with Crippen molar-refractivity contribution < 1.29 is 4.79 Å². The van der Waals surface area contributed by atoms with Crippen molar-refractivity contribution in [2.45, 2.75) is 27.3 Å². The molecule has 0 fully saturated rings. The molecular formula is C23H20Cl2N4O. The molecule has 1 N–H and O–H groups in total. The Labute approximate surface area is 185 Å². The topological polar surface area (TPSA) is 70.7 Å². The smallest absolute Gasteiger partial charge is 0.266 e. The number of nitrogens with zero attached hydrogens (tertiary/aromatic N) is 3. The van der Waals surface area contributed by atoms with E-state index in [-0.39, 0.29) is 10.6 Å². The molecule has 30 heavy (non-hydrogen) atoms. The highest BCUT2D eigenvalue weighted by atomic mass is 35.5. The Morgan fingerprint density at radius 3 is 2.53 bits per heavy atom. The van der Waals surface area contributed by atoms with Gasteiger partial charge in [0, 0.05) is 11.3 Å². The van der Waals surface area contributed by atoms with Crippen LogP contribution in [-0.2, 0) is 11.3 Å². The Morgan fingerprint density at radius 1 is 1.17 bits per heavy atom. The molecule has 0 radical (unpaired) electrons. The van der Waals surface area contributed by atoms with Gasteiger partial charge in [-0.25, -0.2) is 0 Å². The lowest BCUT2D eigenvalue weighted by Gasteiger charge is -2.08. The number of hydrogen-bond donors (Lipinski definition) is 1. The summed E-state index contributed by atoms with van der Waals surface area (Å²) >= 11 is 12.1. The van der Waals surface area contributed by atoms with E-state index in [0.29, 0.717) is 17.3 Å². The Morgan fingerprint density at radius 2 is 1.87 bits per heavy atom. The molecule has 0 unspecified atom stereocenters. The quantitative estimate of drug-likeness (QED) is 0.409. The fourth-order valence-electron chi connectivity index (χ4n) is 3.02. The Bertz CT molecular complexity index is 1170. The van der Waals surface area contributed by atoms with Gasteiger partial charge in [-0.15, -0.1) is 0 Å². The average molecular weight is 439 g/mol. The minimum atomic E-state index is -0.563. The molecule has 0 aliphatic rings. The van der Waals surface area contributed by atoms with Gasteiger partial charge in [-0.3, -0.25) is 9.48 Å². The van der Waals surface area contributed by atoms with E-state index in [4.69, 9.17) is 23.2 Å². The lowest BCUT2D eigenvalue weighted by molar-refractivity contribution is -0.112. The van der Waals surface area contributed by atoms with E-state index in [0.717, 1.165) is 22.5 Å². The standard InChI is InChI=1S/C23H20Cl2N4O/c1-14-7-9-17(10-8-14)13-29-16(3)19(15(2)28-29)11-18(12-26)23(30)27-21-6-4-5-20(24)22(21)25/h4-11H,13H2,1-3H3,(H,27,30)/b18-11+. The second-order valence-electron chi connectivity index (χ2n) is 6.95. The van der Waals surface area contributed by atoms with Crippen LogP contribution in [0.3, 0.4) is 0 Å². The largest absolute Gasteiger partial charge is 0.320 e. The van der Waals surface area contributed by atoms with Crippen LogP contribution in [0.2, 0.25) is 10.0 Å². The molecule has 152 valence electrons. The third kappa shape index (κ3) is 4.73. The highest BCUT2D eigenvalue weighted by molar-refractivity contribution is 6.44. The van der Waals surface area contributed by atoms with Gasteiger partial charge >= 0.3 is 0 Å². The second kappa shape index (κ2) is 9.17. The zero-order valence-electron chi connectivity index (χ0n) is 16.8. The van der Waals surface area contributed by atoms with Crippen molar-refractivity contribution in [2.75, 3.05) is 5.32 Å². The Hall–Kier alpha value is -3.07. The maximum atomic E-state index is 12.6. The molecule has 0 bridgehead atoms. The van der Waals surface area contributed by atoms with Gasteiger partial charge in [-0.05, 0) is 44.5 Å². The van der Waals surface area contributed by atoms with Crippen LogP contribution in [0, 0.1) is 32.1 Å². The minimum Gasteiger partial charge on any atom is -0.320 e. The first-order valence-corrected chi connectivity index (χ1v) is 10.0. The molecule has 3 rings (SSSR count). The van der Waals surface area contributed by atoms with Crippen molar-refractivity contribution in [2.24, 2.45) is 0 Å². The summed E-state index contributed by atoms with van der Waals surface area (Å²) in [7, 11) is 0. The SMILES string of the molecule is Cc1ccc(Cn2nc(C)c(/C=C(\C#N)C(=O)Nc3cccc(Cl)c3Cl)c2C)cc1. The van der Waals surface area contributed by atoms with Crippen LogP contribution in [0.5, 0.6) is 0 Å². The monoisotopic (exact) mass is 438 g/mol. The number of aromatic nitrogens is 2. The molecule has 5 nitrogen and oxygen atoms in total. The first kappa shape index (κ1) is 21.6. The van der Waals surface area contributed by atoms with Gasteiger partial charge in [-0.2, -0.15) is 10.4 Å². The van der Waals surface area contributed by atoms with Gasteiger partial charge < -0.3 is 5.32 Å². The van der Waals surface area contributed by atoms with E-state index in [1.54, 1.807) is 24.3 Å². The molecule has 0 aliphatic carbocycles. The van der Waals surface area contributed by atoms with Crippen molar-refractivity contribution in [1.82, 2.24) is 9.78 Å². The fourth-order valence-corrected chi connectivity index (χ4v) is 3.37. The number of nitrogens with one attached hydrogen (secondary N) is 1. The van der Waals surface area contributed by atoms with E-state index in [9.17, 15) is 10.1 Å². The van der Waals surface area contributed by atoms with Crippen LogP contribution in [-0.4, -0.2) is 15.7 Å². The molecule has 0 saturated heterocycles. The van der Waals surface area contributed by atoms with Crippen LogP contribution in [0.25, 0.3) is 6.08 Å². The highest BCUT2D eigenvalue weighted by Gasteiger charge is 2.16. The van der Waals surface area contributed by atoms with Crippen LogP contribution in [0.1, 0.15) is 28.1 Å². The molecule has 0 saturated carbocycles. The number of nitriles is 1. The molecule has 0 aliphatic heterocycles. The van der Waals surface area contributed by atoms with Crippen molar-refractivity contribution in [3.63, 3.8) is 0 Å². The lowest BCUT2D eigenvalue weighted by atomic mass is 10.1. The zero-order valence-corrected chi connectivity index (χ0v) is 18.3. The van der Waals surface area contributed by atoms with E-state index in [1.165, 1.54) is 5.56 Å². The van der Waals surface area contributed by atoms with Gasteiger partial charge in [0.05, 0.1) is 28.0 Å². The van der Waals surface area contributed by atoms with E-state index < -0.39 is 5.91 Å². The number of rotatable bonds is 5. The minimum absolute atomic E-state index is 0.0490. The molecule has 2 aromatic carbocycles. The molecule has 0 atom stereocenters. The number of halogens is 2. The van der Waals surface area contributed by atoms with Crippen LogP contribution in [0.4, 0.5) is 5.69 Å². The number of aryl methyl sites for hydroxylation is 2. The third-order valence-corrected chi connectivity index (χ3v) is 5.56. The number of benzene rings is 2.